The Morgan fingerprint density at radius 3 is 2.17 bits per heavy atom. The molecule has 48 heavy (non-hydrogen) atoms. The van der Waals surface area contributed by atoms with Crippen LogP contribution in [0.5, 0.6) is 5.75 Å². The zero-order valence-electron chi connectivity index (χ0n) is 26.0. The van der Waals surface area contributed by atoms with E-state index in [0.29, 0.717) is 33.7 Å². The normalized spacial score (nSPS) is 27.9. The molecule has 6 unspecified atom stereocenters. The largest absolute Gasteiger partial charge is 0.508 e. The van der Waals surface area contributed by atoms with E-state index in [1.165, 1.54) is 17.0 Å². The van der Waals surface area contributed by atoms with Gasteiger partial charge in [0.05, 0.1) is 23.8 Å². The minimum atomic E-state index is -1.43. The zero-order chi connectivity index (χ0) is 33.2. The van der Waals surface area contributed by atoms with Gasteiger partial charge in [0.2, 0.25) is 11.8 Å². The van der Waals surface area contributed by atoms with E-state index < -0.39 is 35.0 Å². The maximum atomic E-state index is 15.0. The van der Waals surface area contributed by atoms with Crippen LogP contribution >= 0.6 is 11.6 Å². The van der Waals surface area contributed by atoms with Crippen molar-refractivity contribution in [3.05, 3.63) is 154 Å². The standard InChI is InChI=1S/C41H32ClNO5/c42-27-16-19-34(44)32(20-27)37-28-17-18-29-36(40(48)43(39(29)47)23-24-10-4-1-5-11-24)31(28)21-33-38(46)30(25-12-6-2-7-13-25)22-35(45)41(33,37)26-14-8-3-9-15-26/h1-17,19-20,22,29,31,33,36-37,44H,18,21,23H2. The number of nitrogens with zero attached hydrogens (tertiary/aromatic N) is 1. The molecule has 0 spiro atoms. The van der Waals surface area contributed by atoms with Gasteiger partial charge in [-0.15, -0.1) is 0 Å². The molecular formula is C41H32ClNO5. The maximum Gasteiger partial charge on any atom is 0.234 e. The highest BCUT2D eigenvalue weighted by molar-refractivity contribution is 6.32. The smallest absolute Gasteiger partial charge is 0.234 e. The van der Waals surface area contributed by atoms with Gasteiger partial charge in [0.1, 0.15) is 5.75 Å². The Hall–Kier alpha value is -5.07. The Morgan fingerprint density at radius 2 is 1.46 bits per heavy atom. The molecule has 6 nitrogen and oxygen atoms in total. The third-order valence-corrected chi connectivity index (χ3v) is 11.2. The van der Waals surface area contributed by atoms with Crippen LogP contribution in [0.2, 0.25) is 5.02 Å². The Kier molecular flexibility index (Phi) is 7.30. The van der Waals surface area contributed by atoms with Crippen molar-refractivity contribution in [2.45, 2.75) is 30.7 Å². The van der Waals surface area contributed by atoms with Gasteiger partial charge < -0.3 is 5.11 Å². The van der Waals surface area contributed by atoms with Crippen molar-refractivity contribution in [3.8, 4) is 5.75 Å². The Bertz CT molecular complexity index is 2040. The number of hydrogen-bond donors (Lipinski definition) is 1. The molecule has 1 heterocycles. The predicted molar refractivity (Wildman–Crippen MR) is 182 cm³/mol. The van der Waals surface area contributed by atoms with Gasteiger partial charge in [0, 0.05) is 28.0 Å². The number of ketones is 2. The summed E-state index contributed by atoms with van der Waals surface area (Å²) in [5.74, 6) is -4.49. The van der Waals surface area contributed by atoms with Crippen LogP contribution in [0, 0.1) is 23.7 Å². The molecule has 8 rings (SSSR count). The minimum absolute atomic E-state index is 0.0558. The van der Waals surface area contributed by atoms with Crippen molar-refractivity contribution >= 4 is 40.6 Å². The van der Waals surface area contributed by atoms with Gasteiger partial charge in [-0.05, 0) is 59.7 Å². The average molecular weight is 654 g/mol. The lowest BCUT2D eigenvalue weighted by atomic mass is 9.44. The summed E-state index contributed by atoms with van der Waals surface area (Å²) in [6, 6.07) is 32.6. The van der Waals surface area contributed by atoms with E-state index in [2.05, 4.69) is 0 Å². The summed E-state index contributed by atoms with van der Waals surface area (Å²) in [5.41, 5.74) is 2.25. The summed E-state index contributed by atoms with van der Waals surface area (Å²) in [6.07, 6.45) is 3.97. The first-order valence-corrected chi connectivity index (χ1v) is 16.7. The quantitative estimate of drug-likeness (QED) is 0.184. The predicted octanol–water partition coefficient (Wildman–Crippen LogP) is 7.07. The number of phenolic OH excluding ortho intramolecular Hbond substituents is 1. The Morgan fingerprint density at radius 1 is 0.792 bits per heavy atom. The molecule has 1 aliphatic heterocycles. The van der Waals surface area contributed by atoms with E-state index in [0.717, 1.165) is 11.1 Å². The van der Waals surface area contributed by atoms with Crippen molar-refractivity contribution in [1.82, 2.24) is 4.90 Å². The molecule has 0 aromatic heterocycles. The van der Waals surface area contributed by atoms with Gasteiger partial charge in [0.15, 0.2) is 11.6 Å². The van der Waals surface area contributed by atoms with E-state index in [1.807, 2.05) is 97.1 Å². The monoisotopic (exact) mass is 653 g/mol. The summed E-state index contributed by atoms with van der Waals surface area (Å²) in [7, 11) is 0. The van der Waals surface area contributed by atoms with Crippen LogP contribution in [-0.4, -0.2) is 33.4 Å². The van der Waals surface area contributed by atoms with E-state index >= 15 is 4.79 Å². The van der Waals surface area contributed by atoms with Gasteiger partial charge in [-0.3, -0.25) is 24.1 Å². The highest BCUT2D eigenvalue weighted by Gasteiger charge is 2.66. The second-order valence-electron chi connectivity index (χ2n) is 13.2. The van der Waals surface area contributed by atoms with Gasteiger partial charge >= 0.3 is 0 Å². The molecule has 1 saturated heterocycles. The van der Waals surface area contributed by atoms with Crippen LogP contribution in [-0.2, 0) is 31.1 Å². The summed E-state index contributed by atoms with van der Waals surface area (Å²) in [6.45, 7) is 0.168. The van der Waals surface area contributed by atoms with Crippen molar-refractivity contribution in [3.63, 3.8) is 0 Å². The lowest BCUT2D eigenvalue weighted by Crippen LogP contribution is -2.58. The van der Waals surface area contributed by atoms with Gasteiger partial charge in [0.25, 0.3) is 0 Å². The van der Waals surface area contributed by atoms with Crippen molar-refractivity contribution in [2.24, 2.45) is 23.7 Å². The number of likely N-dealkylation sites (tertiary alicyclic amines) is 1. The van der Waals surface area contributed by atoms with Crippen molar-refractivity contribution in [2.75, 3.05) is 0 Å². The number of carbonyl (C=O) groups is 4. The second-order valence-corrected chi connectivity index (χ2v) is 13.7. The average Bonchev–Trinajstić information content (AvgIpc) is 3.36. The van der Waals surface area contributed by atoms with E-state index in [9.17, 15) is 19.5 Å². The summed E-state index contributed by atoms with van der Waals surface area (Å²) in [5, 5.41) is 11.8. The minimum Gasteiger partial charge on any atom is -0.508 e. The molecule has 0 bridgehead atoms. The molecule has 2 fully saturated rings. The molecule has 4 aromatic rings. The molecular weight excluding hydrogens is 622 g/mol. The number of hydrogen-bond acceptors (Lipinski definition) is 5. The van der Waals surface area contributed by atoms with Crippen LogP contribution in [0.4, 0.5) is 0 Å². The van der Waals surface area contributed by atoms with Crippen LogP contribution in [0.3, 0.4) is 0 Å². The summed E-state index contributed by atoms with van der Waals surface area (Å²) in [4.78, 5) is 59.6. The van der Waals surface area contributed by atoms with Crippen LogP contribution in [0.15, 0.2) is 127 Å². The molecule has 1 N–H and O–H groups in total. The highest BCUT2D eigenvalue weighted by Crippen LogP contribution is 2.64. The number of Topliss-reactive ketones (excluding diaryl/α,β-unsaturated/α-hetero) is 1. The first-order chi connectivity index (χ1) is 23.3. The second kappa shape index (κ2) is 11.6. The molecule has 0 radical (unpaired) electrons. The number of benzene rings is 4. The molecule has 4 aliphatic rings. The van der Waals surface area contributed by atoms with Crippen molar-refractivity contribution < 1.29 is 24.3 Å². The lowest BCUT2D eigenvalue weighted by molar-refractivity contribution is -0.141. The molecule has 4 aromatic carbocycles. The topological polar surface area (TPSA) is 91.8 Å². The molecule has 1 saturated carbocycles. The highest BCUT2D eigenvalue weighted by atomic mass is 35.5. The number of rotatable bonds is 5. The maximum absolute atomic E-state index is 15.0. The van der Waals surface area contributed by atoms with E-state index in [1.54, 1.807) is 12.1 Å². The molecule has 6 atom stereocenters. The van der Waals surface area contributed by atoms with Crippen LogP contribution < -0.4 is 0 Å². The zero-order valence-corrected chi connectivity index (χ0v) is 26.7. The number of imide groups is 1. The third kappa shape index (κ3) is 4.46. The SMILES string of the molecule is O=C1C(c2ccccc2)=CC(=O)C2(c3ccccc3)C1CC1C(=CCC3C(=O)N(Cc4ccccc4)C(=O)C31)C2c1cc(Cl)ccc1O. The van der Waals surface area contributed by atoms with E-state index in [4.69, 9.17) is 11.6 Å². The summed E-state index contributed by atoms with van der Waals surface area (Å²) >= 11 is 6.57. The number of phenols is 1. The van der Waals surface area contributed by atoms with Gasteiger partial charge in [-0.1, -0.05) is 114 Å². The number of fused-ring (bicyclic) bond motifs is 4. The fraction of sp³-hybridized carbons (Fsp3) is 0.220. The fourth-order valence-corrected chi connectivity index (χ4v) is 9.14. The first-order valence-electron chi connectivity index (χ1n) is 16.3. The number of aromatic hydroxyl groups is 1. The Balaban J connectivity index is 1.35. The third-order valence-electron chi connectivity index (χ3n) is 11.0. The Labute approximate surface area is 283 Å². The number of allylic oxidation sites excluding steroid dienone is 4. The number of carbonyl (C=O) groups excluding carboxylic acids is 4. The molecule has 3 aliphatic carbocycles. The number of halogens is 1. The first kappa shape index (κ1) is 30.3. The van der Waals surface area contributed by atoms with Gasteiger partial charge in [-0.2, -0.15) is 0 Å². The van der Waals surface area contributed by atoms with Crippen LogP contribution in [0.25, 0.3) is 5.57 Å². The van der Waals surface area contributed by atoms with Crippen LogP contribution in [0.1, 0.15) is 41.0 Å². The molecule has 2 amide bonds. The van der Waals surface area contributed by atoms with Crippen molar-refractivity contribution in [1.29, 1.82) is 0 Å². The number of amides is 2. The molecule has 238 valence electrons. The lowest BCUT2D eigenvalue weighted by Gasteiger charge is -2.55. The van der Waals surface area contributed by atoms with Gasteiger partial charge in [-0.25, -0.2) is 0 Å². The van der Waals surface area contributed by atoms with E-state index in [-0.39, 0.29) is 42.1 Å². The molecule has 7 heteroatoms. The summed E-state index contributed by atoms with van der Waals surface area (Å²) < 4.78 is 0. The fourth-order valence-electron chi connectivity index (χ4n) is 8.96.